The lowest BCUT2D eigenvalue weighted by molar-refractivity contribution is -0.113. The number of fused-ring (bicyclic) bond motifs is 1. The van der Waals surface area contributed by atoms with Gasteiger partial charge in [-0.2, -0.15) is 0 Å². The Bertz CT molecular complexity index is 1180. The molecule has 3 N–H and O–H groups in total. The van der Waals surface area contributed by atoms with Crippen LogP contribution in [-0.4, -0.2) is 31.4 Å². The van der Waals surface area contributed by atoms with Crippen LogP contribution < -0.4 is 11.1 Å². The van der Waals surface area contributed by atoms with Gasteiger partial charge in [0.1, 0.15) is 4.83 Å². The molecule has 1 aliphatic rings. The predicted molar refractivity (Wildman–Crippen MR) is 117 cm³/mol. The van der Waals surface area contributed by atoms with Crippen molar-refractivity contribution in [2.75, 3.05) is 16.8 Å². The van der Waals surface area contributed by atoms with E-state index < -0.39 is 0 Å². The third-order valence-electron chi connectivity index (χ3n) is 4.67. The Morgan fingerprint density at radius 2 is 2.03 bits per heavy atom. The number of hydrogen-bond donors (Lipinski definition) is 2. The van der Waals surface area contributed by atoms with Crippen LogP contribution in [0.25, 0.3) is 20.9 Å². The highest BCUT2D eigenvalue weighted by atomic mass is 32.2. The molecule has 0 aliphatic heterocycles. The second kappa shape index (κ2) is 7.49. The van der Waals surface area contributed by atoms with E-state index >= 15 is 0 Å². The summed E-state index contributed by atoms with van der Waals surface area (Å²) in [5.41, 5.74) is 7.87. The molecule has 0 saturated heterocycles. The number of nitrogen functional groups attached to an aromatic ring is 1. The fraction of sp³-hybridized carbons (Fsp3) is 0.200. The normalized spacial score (nSPS) is 13.7. The Hall–Kier alpha value is -2.91. The highest BCUT2D eigenvalue weighted by molar-refractivity contribution is 7.99. The number of thiophene rings is 1. The largest absolute Gasteiger partial charge is 0.397 e. The first-order valence-electron chi connectivity index (χ1n) is 9.26. The molecular formula is C20H18N6OS2. The molecule has 4 aromatic rings. The standard InChI is InChI=1S/C20H18N6OS2/c21-16-14-7-4-10-22-19(14)29-17(16)18-24-25-20(26(18)13-8-9-13)28-11-15(27)23-12-5-2-1-3-6-12/h1-7,10,13H,8-9,11,21H2,(H,23,27). The summed E-state index contributed by atoms with van der Waals surface area (Å²) in [5, 5.41) is 13.4. The lowest BCUT2D eigenvalue weighted by atomic mass is 10.2. The van der Waals surface area contributed by atoms with Gasteiger partial charge in [-0.1, -0.05) is 30.0 Å². The van der Waals surface area contributed by atoms with Crippen molar-refractivity contribution in [3.05, 3.63) is 48.7 Å². The molecule has 1 amide bonds. The Kier molecular flexibility index (Phi) is 4.69. The van der Waals surface area contributed by atoms with Gasteiger partial charge in [-0.25, -0.2) is 4.98 Å². The number of carbonyl (C=O) groups is 1. The molecular weight excluding hydrogens is 404 g/mol. The Morgan fingerprint density at radius 3 is 2.79 bits per heavy atom. The number of nitrogens with zero attached hydrogens (tertiary/aromatic N) is 4. The van der Waals surface area contributed by atoms with Crippen LogP contribution in [0.15, 0.2) is 53.8 Å². The van der Waals surface area contributed by atoms with E-state index in [-0.39, 0.29) is 11.7 Å². The Balaban J connectivity index is 1.40. The Morgan fingerprint density at radius 1 is 1.21 bits per heavy atom. The van der Waals surface area contributed by atoms with Crippen molar-refractivity contribution in [2.45, 2.75) is 24.0 Å². The monoisotopic (exact) mass is 422 g/mol. The molecule has 29 heavy (non-hydrogen) atoms. The summed E-state index contributed by atoms with van der Waals surface area (Å²) in [5.74, 6) is 0.959. The van der Waals surface area contributed by atoms with Gasteiger partial charge >= 0.3 is 0 Å². The molecule has 1 fully saturated rings. The fourth-order valence-electron chi connectivity index (χ4n) is 3.16. The number of nitrogens with two attached hydrogens (primary N) is 1. The van der Waals surface area contributed by atoms with E-state index in [1.165, 1.54) is 23.1 Å². The second-order valence-electron chi connectivity index (χ2n) is 6.81. The lowest BCUT2D eigenvalue weighted by Crippen LogP contribution is -2.14. The molecule has 0 radical (unpaired) electrons. The van der Waals surface area contributed by atoms with E-state index in [0.717, 1.165) is 44.6 Å². The summed E-state index contributed by atoms with van der Waals surface area (Å²) in [6.07, 6.45) is 3.93. The first-order chi connectivity index (χ1) is 14.2. The van der Waals surface area contributed by atoms with Crippen molar-refractivity contribution in [1.82, 2.24) is 19.7 Å². The van der Waals surface area contributed by atoms with Crippen molar-refractivity contribution in [2.24, 2.45) is 0 Å². The first kappa shape index (κ1) is 18.1. The Labute approximate surface area is 175 Å². The summed E-state index contributed by atoms with van der Waals surface area (Å²) in [6, 6.07) is 13.6. The van der Waals surface area contributed by atoms with Crippen LogP contribution in [0.1, 0.15) is 18.9 Å². The maximum absolute atomic E-state index is 12.3. The summed E-state index contributed by atoms with van der Waals surface area (Å²) in [6.45, 7) is 0. The zero-order valence-corrected chi connectivity index (χ0v) is 17.0. The van der Waals surface area contributed by atoms with Crippen LogP contribution in [-0.2, 0) is 4.79 Å². The van der Waals surface area contributed by atoms with Crippen LogP contribution in [0.4, 0.5) is 11.4 Å². The van der Waals surface area contributed by atoms with Crippen molar-refractivity contribution >= 4 is 50.6 Å². The summed E-state index contributed by atoms with van der Waals surface area (Å²) in [4.78, 5) is 18.5. The van der Waals surface area contributed by atoms with Gasteiger partial charge < -0.3 is 11.1 Å². The molecule has 1 aromatic carbocycles. The van der Waals surface area contributed by atoms with Gasteiger partial charge in [-0.15, -0.1) is 21.5 Å². The highest BCUT2D eigenvalue weighted by Crippen LogP contribution is 2.45. The van der Waals surface area contributed by atoms with Crippen LogP contribution in [0, 0.1) is 0 Å². The molecule has 9 heteroatoms. The van der Waals surface area contributed by atoms with Crippen LogP contribution in [0.5, 0.6) is 0 Å². The van der Waals surface area contributed by atoms with Crippen molar-refractivity contribution in [3.63, 3.8) is 0 Å². The zero-order chi connectivity index (χ0) is 19.8. The zero-order valence-electron chi connectivity index (χ0n) is 15.4. The average Bonchev–Trinajstić information content (AvgIpc) is 3.41. The number of carbonyl (C=O) groups excluding carboxylic acids is 1. The average molecular weight is 423 g/mol. The maximum Gasteiger partial charge on any atom is 0.234 e. The topological polar surface area (TPSA) is 98.7 Å². The first-order valence-corrected chi connectivity index (χ1v) is 11.1. The second-order valence-corrected chi connectivity index (χ2v) is 8.75. The lowest BCUT2D eigenvalue weighted by Gasteiger charge is -2.08. The van der Waals surface area contributed by atoms with Gasteiger partial charge in [0.25, 0.3) is 0 Å². The molecule has 3 aromatic heterocycles. The number of anilines is 2. The van der Waals surface area contributed by atoms with E-state index in [1.54, 1.807) is 6.20 Å². The number of hydrogen-bond acceptors (Lipinski definition) is 7. The molecule has 5 rings (SSSR count). The minimum Gasteiger partial charge on any atom is -0.397 e. The van der Waals surface area contributed by atoms with Gasteiger partial charge in [0.2, 0.25) is 5.91 Å². The molecule has 146 valence electrons. The van der Waals surface area contributed by atoms with Gasteiger partial charge in [0.15, 0.2) is 11.0 Å². The van der Waals surface area contributed by atoms with Gasteiger partial charge in [0.05, 0.1) is 16.3 Å². The number of thioether (sulfide) groups is 1. The summed E-state index contributed by atoms with van der Waals surface area (Å²) in [7, 11) is 0. The molecule has 1 aliphatic carbocycles. The van der Waals surface area contributed by atoms with Crippen molar-refractivity contribution in [3.8, 4) is 10.7 Å². The van der Waals surface area contributed by atoms with E-state index in [4.69, 9.17) is 5.73 Å². The summed E-state index contributed by atoms with van der Waals surface area (Å²) >= 11 is 2.92. The van der Waals surface area contributed by atoms with E-state index in [0.29, 0.717) is 11.7 Å². The summed E-state index contributed by atoms with van der Waals surface area (Å²) < 4.78 is 2.13. The molecule has 0 unspecified atom stereocenters. The maximum atomic E-state index is 12.3. The van der Waals surface area contributed by atoms with Crippen molar-refractivity contribution < 1.29 is 4.79 Å². The van der Waals surface area contributed by atoms with E-state index in [1.807, 2.05) is 42.5 Å². The number of para-hydroxylation sites is 1. The molecule has 0 bridgehead atoms. The number of aromatic nitrogens is 4. The number of pyridine rings is 1. The molecule has 0 spiro atoms. The number of amides is 1. The predicted octanol–water partition coefficient (Wildman–Crippen LogP) is 4.20. The molecule has 1 saturated carbocycles. The van der Waals surface area contributed by atoms with Crippen LogP contribution in [0.2, 0.25) is 0 Å². The number of benzene rings is 1. The third kappa shape index (κ3) is 3.58. The third-order valence-corrected chi connectivity index (χ3v) is 6.74. The van der Waals surface area contributed by atoms with E-state index in [9.17, 15) is 4.79 Å². The minimum absolute atomic E-state index is 0.0707. The quantitative estimate of drug-likeness (QED) is 0.452. The minimum atomic E-state index is -0.0707. The van der Waals surface area contributed by atoms with Crippen molar-refractivity contribution in [1.29, 1.82) is 0 Å². The fourth-order valence-corrected chi connectivity index (χ4v) is 5.01. The SMILES string of the molecule is Nc1c(-c2nnc(SCC(=O)Nc3ccccc3)n2C2CC2)sc2ncccc12. The van der Waals surface area contributed by atoms with Gasteiger partial charge in [0, 0.05) is 23.3 Å². The molecule has 3 heterocycles. The molecule has 0 atom stereocenters. The smallest absolute Gasteiger partial charge is 0.234 e. The van der Waals surface area contributed by atoms with Gasteiger partial charge in [-0.05, 0) is 37.1 Å². The molecule has 7 nitrogen and oxygen atoms in total. The van der Waals surface area contributed by atoms with Crippen LogP contribution >= 0.6 is 23.1 Å². The number of rotatable bonds is 6. The highest BCUT2D eigenvalue weighted by Gasteiger charge is 2.32. The van der Waals surface area contributed by atoms with Crippen LogP contribution in [0.3, 0.4) is 0 Å². The van der Waals surface area contributed by atoms with Gasteiger partial charge in [-0.3, -0.25) is 9.36 Å². The number of nitrogens with one attached hydrogen (secondary N) is 1. The van der Waals surface area contributed by atoms with E-state index in [2.05, 4.69) is 25.1 Å².